The van der Waals surface area contributed by atoms with Gasteiger partial charge in [-0.15, -0.1) is 3.89 Å². The summed E-state index contributed by atoms with van der Waals surface area (Å²) in [5.74, 6) is 0. The van der Waals surface area contributed by atoms with Crippen LogP contribution >= 0.6 is 15.9 Å². The molecule has 0 atom stereocenters. The molecule has 0 aliphatic carbocycles. The Balaban J connectivity index is 3.32. The highest BCUT2D eigenvalue weighted by Crippen LogP contribution is 2.19. The van der Waals surface area contributed by atoms with Crippen molar-refractivity contribution in [2.45, 2.75) is 4.90 Å². The molecular weight excluding hydrogens is 227 g/mol. The number of halogens is 2. The molecule has 0 saturated carbocycles. The molecule has 7 heteroatoms. The summed E-state index contributed by atoms with van der Waals surface area (Å²) >= 11 is 2.76. The molecule has 56 valence electrons. The fourth-order valence-electron chi connectivity index (χ4n) is 0.429. The molecule has 0 amide bonds. The fraction of sp³-hybridized carbons (Fsp3) is 0. The van der Waals surface area contributed by atoms with E-state index in [2.05, 4.69) is 26.1 Å². The van der Waals surface area contributed by atoms with Crippen LogP contribution in [0.2, 0.25) is 0 Å². The van der Waals surface area contributed by atoms with Gasteiger partial charge in [-0.05, 0) is 15.9 Å². The van der Waals surface area contributed by atoms with Gasteiger partial charge in [0.15, 0.2) is 4.90 Å². The molecule has 10 heavy (non-hydrogen) atoms. The van der Waals surface area contributed by atoms with Crippen LogP contribution in [-0.4, -0.2) is 18.6 Å². The molecule has 1 rings (SSSR count). The molecule has 1 aromatic rings. The monoisotopic (exact) mass is 228 g/mol. The predicted molar refractivity (Wildman–Crippen MR) is 34.6 cm³/mol. The van der Waals surface area contributed by atoms with E-state index in [-0.39, 0.29) is 4.60 Å². The minimum atomic E-state index is -4.63. The van der Waals surface area contributed by atoms with Crippen LogP contribution in [0, 0.1) is 0 Å². The molecule has 0 fully saturated rings. The first-order valence-electron chi connectivity index (χ1n) is 2.15. The third kappa shape index (κ3) is 1.35. The molecule has 0 aliphatic rings. The maximum Gasteiger partial charge on any atom is 0.336 e. The standard InChI is InChI=1S/C3H2BrFN2O2S/c4-3-2(1-6-7-3)10(5,8)9/h1H,(H,6,7). The number of nitrogens with one attached hydrogen (secondary N) is 1. The van der Waals surface area contributed by atoms with Gasteiger partial charge in [-0.25, -0.2) is 0 Å². The molecule has 0 spiro atoms. The average Bonchev–Trinajstić information content (AvgIpc) is 2.11. The van der Waals surface area contributed by atoms with Crippen molar-refractivity contribution in [3.8, 4) is 0 Å². The van der Waals surface area contributed by atoms with Gasteiger partial charge in [-0.1, -0.05) is 0 Å². The van der Waals surface area contributed by atoms with E-state index in [1.165, 1.54) is 0 Å². The van der Waals surface area contributed by atoms with Crippen LogP contribution in [0.25, 0.3) is 0 Å². The highest BCUT2D eigenvalue weighted by Gasteiger charge is 2.17. The first-order chi connectivity index (χ1) is 4.52. The molecule has 0 aromatic carbocycles. The summed E-state index contributed by atoms with van der Waals surface area (Å²) in [6, 6.07) is 0. The molecule has 0 saturated heterocycles. The quantitative estimate of drug-likeness (QED) is 0.725. The van der Waals surface area contributed by atoms with Crippen molar-refractivity contribution >= 4 is 26.2 Å². The molecule has 1 N–H and O–H groups in total. The Morgan fingerprint density at radius 1 is 1.70 bits per heavy atom. The lowest BCUT2D eigenvalue weighted by Gasteiger charge is -1.85. The smallest absolute Gasteiger partial charge is 0.270 e. The normalized spacial score (nSPS) is 11.8. The van der Waals surface area contributed by atoms with E-state index in [1.54, 1.807) is 0 Å². The van der Waals surface area contributed by atoms with Crippen molar-refractivity contribution in [1.82, 2.24) is 10.2 Å². The second-order valence-electron chi connectivity index (χ2n) is 1.49. The lowest BCUT2D eigenvalue weighted by molar-refractivity contribution is 0.551. The van der Waals surface area contributed by atoms with E-state index in [4.69, 9.17) is 0 Å². The van der Waals surface area contributed by atoms with Gasteiger partial charge in [0.25, 0.3) is 0 Å². The zero-order valence-corrected chi connectivity index (χ0v) is 6.91. The molecule has 0 bridgehead atoms. The van der Waals surface area contributed by atoms with Gasteiger partial charge in [0.05, 0.1) is 6.20 Å². The average molecular weight is 229 g/mol. The summed E-state index contributed by atoms with van der Waals surface area (Å²) in [6.45, 7) is 0. The molecule has 0 unspecified atom stereocenters. The number of aromatic amines is 1. The number of rotatable bonds is 1. The van der Waals surface area contributed by atoms with Gasteiger partial charge >= 0.3 is 10.2 Å². The van der Waals surface area contributed by atoms with Crippen LogP contribution < -0.4 is 0 Å². The van der Waals surface area contributed by atoms with E-state index >= 15 is 0 Å². The minimum Gasteiger partial charge on any atom is -0.270 e. The maximum absolute atomic E-state index is 12.1. The first-order valence-corrected chi connectivity index (χ1v) is 4.33. The largest absolute Gasteiger partial charge is 0.336 e. The van der Waals surface area contributed by atoms with E-state index < -0.39 is 15.1 Å². The number of aromatic nitrogens is 2. The van der Waals surface area contributed by atoms with Crippen molar-refractivity contribution in [2.24, 2.45) is 0 Å². The number of hydrogen-bond donors (Lipinski definition) is 1. The number of hydrogen-bond acceptors (Lipinski definition) is 3. The third-order valence-corrected chi connectivity index (χ3v) is 2.53. The van der Waals surface area contributed by atoms with Gasteiger partial charge in [-0.3, -0.25) is 5.10 Å². The summed E-state index contributed by atoms with van der Waals surface area (Å²) in [4.78, 5) is -0.479. The summed E-state index contributed by atoms with van der Waals surface area (Å²) in [5, 5.41) is 5.52. The van der Waals surface area contributed by atoms with Crippen molar-refractivity contribution < 1.29 is 12.3 Å². The summed E-state index contributed by atoms with van der Waals surface area (Å²) < 4.78 is 32.4. The lowest BCUT2D eigenvalue weighted by Crippen LogP contribution is -1.89. The maximum atomic E-state index is 12.1. The molecular formula is C3H2BrFN2O2S. The van der Waals surface area contributed by atoms with Crippen molar-refractivity contribution in [2.75, 3.05) is 0 Å². The van der Waals surface area contributed by atoms with Crippen LogP contribution in [0.15, 0.2) is 15.7 Å². The highest BCUT2D eigenvalue weighted by molar-refractivity contribution is 9.10. The van der Waals surface area contributed by atoms with E-state index in [0.717, 1.165) is 6.20 Å². The predicted octanol–water partition coefficient (Wildman–Crippen LogP) is 0.830. The Kier molecular flexibility index (Phi) is 1.78. The van der Waals surface area contributed by atoms with Crippen LogP contribution in [-0.2, 0) is 10.2 Å². The molecule has 4 nitrogen and oxygen atoms in total. The highest BCUT2D eigenvalue weighted by atomic mass is 79.9. The van der Waals surface area contributed by atoms with Gasteiger partial charge < -0.3 is 0 Å². The minimum absolute atomic E-state index is 0.0231. The van der Waals surface area contributed by atoms with E-state index in [9.17, 15) is 12.3 Å². The van der Waals surface area contributed by atoms with Gasteiger partial charge in [-0.2, -0.15) is 13.5 Å². The zero-order valence-electron chi connectivity index (χ0n) is 4.51. The molecule has 0 radical (unpaired) electrons. The van der Waals surface area contributed by atoms with Gasteiger partial charge in [0, 0.05) is 0 Å². The van der Waals surface area contributed by atoms with Crippen molar-refractivity contribution in [3.63, 3.8) is 0 Å². The second-order valence-corrected chi connectivity index (χ2v) is 3.59. The molecule has 1 heterocycles. The fourth-order valence-corrected chi connectivity index (χ4v) is 1.65. The Bertz CT molecular complexity index is 332. The summed E-state index contributed by atoms with van der Waals surface area (Å²) in [7, 11) is -4.63. The topological polar surface area (TPSA) is 62.8 Å². The third-order valence-electron chi connectivity index (χ3n) is 0.824. The van der Waals surface area contributed by atoms with Gasteiger partial charge in [0.2, 0.25) is 0 Å². The van der Waals surface area contributed by atoms with Crippen molar-refractivity contribution in [1.29, 1.82) is 0 Å². The Morgan fingerprint density at radius 3 is 2.50 bits per heavy atom. The second kappa shape index (κ2) is 2.31. The van der Waals surface area contributed by atoms with Crippen LogP contribution in [0.5, 0.6) is 0 Å². The first kappa shape index (κ1) is 7.67. The summed E-state index contributed by atoms with van der Waals surface area (Å²) in [5.41, 5.74) is 0. The number of nitrogens with zero attached hydrogens (tertiary/aromatic N) is 1. The molecule has 0 aliphatic heterocycles. The van der Waals surface area contributed by atoms with E-state index in [0.29, 0.717) is 0 Å². The van der Waals surface area contributed by atoms with E-state index in [1.807, 2.05) is 0 Å². The van der Waals surface area contributed by atoms with Crippen molar-refractivity contribution in [3.05, 3.63) is 10.8 Å². The lowest BCUT2D eigenvalue weighted by atomic mass is 10.7. The van der Waals surface area contributed by atoms with Gasteiger partial charge in [0.1, 0.15) is 4.60 Å². The Hall–Kier alpha value is -0.430. The summed E-state index contributed by atoms with van der Waals surface area (Å²) in [6.07, 6.45) is 0.888. The van der Waals surface area contributed by atoms with Crippen LogP contribution in [0.3, 0.4) is 0 Å². The number of H-pyrrole nitrogens is 1. The molecule has 1 aromatic heterocycles. The Labute approximate surface area is 64.8 Å². The SMILES string of the molecule is O=S(=O)(F)c1cn[nH]c1Br. The van der Waals surface area contributed by atoms with Crippen LogP contribution in [0.1, 0.15) is 0 Å². The van der Waals surface area contributed by atoms with Crippen LogP contribution in [0.4, 0.5) is 3.89 Å². The zero-order chi connectivity index (χ0) is 7.78. The Morgan fingerprint density at radius 2 is 2.30 bits per heavy atom.